The average molecular weight is 259 g/mol. The molecule has 0 spiro atoms. The van der Waals surface area contributed by atoms with Gasteiger partial charge in [-0.3, -0.25) is 0 Å². The van der Waals surface area contributed by atoms with Gasteiger partial charge in [0.15, 0.2) is 0 Å². The topological polar surface area (TPSA) is 6.48 Å². The van der Waals surface area contributed by atoms with Gasteiger partial charge in [0.25, 0.3) is 0 Å². The molecule has 2 nitrogen and oxygen atoms in total. The zero-order valence-corrected chi connectivity index (χ0v) is 11.6. The van der Waals surface area contributed by atoms with Crippen molar-refractivity contribution in [2.24, 2.45) is 0 Å². The van der Waals surface area contributed by atoms with Crippen LogP contribution in [0.5, 0.6) is 0 Å². The molecule has 0 aromatic heterocycles. The summed E-state index contributed by atoms with van der Waals surface area (Å²) in [6.07, 6.45) is 0. The first-order valence-corrected chi connectivity index (χ1v) is 7.56. The predicted molar refractivity (Wildman–Crippen MR) is 51.6 cm³/mol. The van der Waals surface area contributed by atoms with Crippen molar-refractivity contribution in [3.8, 4) is 0 Å². The van der Waals surface area contributed by atoms with Gasteiger partial charge < -0.3 is 0 Å². The second kappa shape index (κ2) is 7.44. The van der Waals surface area contributed by atoms with Crippen LogP contribution in [0.2, 0.25) is 0 Å². The molecule has 65 valence electrons. The fourth-order valence-corrected chi connectivity index (χ4v) is 4.19. The van der Waals surface area contributed by atoms with Gasteiger partial charge in [-0.15, -0.1) is 0 Å². The molecule has 0 heterocycles. The molecule has 0 N–H and O–H groups in total. The maximum atomic E-state index is 2.63. The van der Waals surface area contributed by atoms with Crippen molar-refractivity contribution < 1.29 is 0 Å². The first-order valence-electron chi connectivity index (χ1n) is 4.61. The Morgan fingerprint density at radius 3 is 1.18 bits per heavy atom. The predicted octanol–water partition coefficient (Wildman–Crippen LogP) is 1.20. The molecular weight excluding hydrogens is 239 g/mol. The van der Waals surface area contributed by atoms with Crippen LogP contribution >= 0.6 is 0 Å². The van der Waals surface area contributed by atoms with Crippen LogP contribution in [0, 0.1) is 0 Å². The maximum absolute atomic E-state index is 2.63. The Morgan fingerprint density at radius 1 is 0.727 bits per heavy atom. The summed E-state index contributed by atoms with van der Waals surface area (Å²) >= 11 is -0.543. The van der Waals surface area contributed by atoms with Crippen molar-refractivity contribution in [1.29, 1.82) is 0 Å². The summed E-state index contributed by atoms with van der Waals surface area (Å²) in [4.78, 5) is 0. The standard InChI is InChI=1S/2C4H10N.In/c2*1-3-5-4-2;/h2*3-4H2,1-2H3;/q2*-1;+2. The summed E-state index contributed by atoms with van der Waals surface area (Å²) in [5.41, 5.74) is 0. The Kier molecular flexibility index (Phi) is 7.97. The van der Waals surface area contributed by atoms with E-state index in [4.69, 9.17) is 0 Å². The molecule has 1 radical (unpaired) electrons. The number of hydrogen-bond donors (Lipinski definition) is 0. The molecule has 0 atom stereocenters. The molecule has 0 aromatic carbocycles. The van der Waals surface area contributed by atoms with Gasteiger partial charge >= 0.3 is 83.1 Å². The van der Waals surface area contributed by atoms with Crippen molar-refractivity contribution in [2.45, 2.75) is 27.7 Å². The Bertz CT molecular complexity index is 70.2. The third-order valence-electron chi connectivity index (χ3n) is 1.95. The molecule has 0 aliphatic heterocycles. The molecule has 0 saturated heterocycles. The number of hydrogen-bond acceptors (Lipinski definition) is 2. The second-order valence-corrected chi connectivity index (χ2v) is 7.39. The normalized spacial score (nSPS) is 11.1. The van der Waals surface area contributed by atoms with Crippen molar-refractivity contribution in [3.05, 3.63) is 0 Å². The average Bonchev–Trinajstić information content (AvgIpc) is 2.07. The summed E-state index contributed by atoms with van der Waals surface area (Å²) in [5.74, 6) is 0. The zero-order chi connectivity index (χ0) is 8.69. The quantitative estimate of drug-likeness (QED) is 0.707. The van der Waals surface area contributed by atoms with Gasteiger partial charge in [0.1, 0.15) is 0 Å². The van der Waals surface area contributed by atoms with Crippen LogP contribution in [0.4, 0.5) is 0 Å². The van der Waals surface area contributed by atoms with E-state index < -0.39 is 23.5 Å². The number of nitrogens with zero attached hydrogens (tertiary/aromatic N) is 2. The van der Waals surface area contributed by atoms with Gasteiger partial charge in [-0.05, 0) is 0 Å². The summed E-state index contributed by atoms with van der Waals surface area (Å²) < 4.78 is 5.26. The van der Waals surface area contributed by atoms with E-state index in [9.17, 15) is 0 Å². The summed E-state index contributed by atoms with van der Waals surface area (Å²) in [6.45, 7) is 14.0. The van der Waals surface area contributed by atoms with E-state index in [2.05, 4.69) is 33.5 Å². The van der Waals surface area contributed by atoms with Crippen LogP contribution in [0.3, 0.4) is 0 Å². The Morgan fingerprint density at radius 2 is 1.00 bits per heavy atom. The molecule has 0 aliphatic carbocycles. The van der Waals surface area contributed by atoms with Gasteiger partial charge in [0.2, 0.25) is 0 Å². The van der Waals surface area contributed by atoms with Crippen LogP contribution < -0.4 is 0 Å². The van der Waals surface area contributed by atoms with Gasteiger partial charge in [-0.1, -0.05) is 0 Å². The second-order valence-electron chi connectivity index (χ2n) is 2.56. The van der Waals surface area contributed by atoms with Crippen molar-refractivity contribution in [2.75, 3.05) is 26.2 Å². The van der Waals surface area contributed by atoms with Gasteiger partial charge in [-0.25, -0.2) is 0 Å². The van der Waals surface area contributed by atoms with Gasteiger partial charge in [0.05, 0.1) is 0 Å². The van der Waals surface area contributed by atoms with E-state index in [1.165, 1.54) is 26.2 Å². The third kappa shape index (κ3) is 5.10. The summed E-state index contributed by atoms with van der Waals surface area (Å²) in [7, 11) is 0. The molecule has 3 heteroatoms. The molecule has 0 aromatic rings. The van der Waals surface area contributed by atoms with Crippen LogP contribution in [0.25, 0.3) is 0 Å². The molecule has 0 aliphatic rings. The number of rotatable bonds is 6. The third-order valence-corrected chi connectivity index (χ3v) is 7.98. The summed E-state index contributed by atoms with van der Waals surface area (Å²) in [6, 6.07) is 0. The van der Waals surface area contributed by atoms with Crippen molar-refractivity contribution >= 4 is 23.5 Å². The first kappa shape index (κ1) is 11.8. The molecular formula is C8H20InN2. The van der Waals surface area contributed by atoms with Crippen LogP contribution in [-0.2, 0) is 0 Å². The van der Waals surface area contributed by atoms with E-state index in [0.29, 0.717) is 0 Å². The van der Waals surface area contributed by atoms with Crippen LogP contribution in [-0.4, -0.2) is 55.4 Å². The first-order chi connectivity index (χ1) is 5.28. The van der Waals surface area contributed by atoms with E-state index in [1.54, 1.807) is 0 Å². The minimum absolute atomic E-state index is 0.543. The fourth-order valence-electron chi connectivity index (χ4n) is 1.00. The van der Waals surface area contributed by atoms with Crippen molar-refractivity contribution in [3.63, 3.8) is 0 Å². The van der Waals surface area contributed by atoms with Crippen LogP contribution in [0.1, 0.15) is 27.7 Å². The van der Waals surface area contributed by atoms with E-state index in [0.717, 1.165) is 0 Å². The van der Waals surface area contributed by atoms with Gasteiger partial charge in [0, 0.05) is 0 Å². The van der Waals surface area contributed by atoms with Crippen molar-refractivity contribution in [1.82, 2.24) is 5.78 Å². The Labute approximate surface area is 83.1 Å². The molecule has 11 heavy (non-hydrogen) atoms. The van der Waals surface area contributed by atoms with Gasteiger partial charge in [-0.2, -0.15) is 0 Å². The summed E-state index contributed by atoms with van der Waals surface area (Å²) in [5, 5.41) is 0. The minimum atomic E-state index is -0.543. The Hall–Kier alpha value is 0.790. The SMILES string of the molecule is CC[N](CC)[In][N](CC)CC. The molecule has 0 bridgehead atoms. The van der Waals surface area contributed by atoms with Crippen LogP contribution in [0.15, 0.2) is 0 Å². The van der Waals surface area contributed by atoms with E-state index in [1.807, 2.05) is 0 Å². The monoisotopic (exact) mass is 259 g/mol. The zero-order valence-electron chi connectivity index (χ0n) is 8.30. The molecule has 0 amide bonds. The van der Waals surface area contributed by atoms with E-state index >= 15 is 0 Å². The molecule has 0 unspecified atom stereocenters. The van der Waals surface area contributed by atoms with E-state index in [-0.39, 0.29) is 0 Å². The molecule has 0 fully saturated rings. The molecule has 0 saturated carbocycles. The molecule has 0 rings (SSSR count). The Balaban J connectivity index is 3.58. The fraction of sp³-hybridized carbons (Fsp3) is 1.00.